The Kier molecular flexibility index (Phi) is 2.53. The Morgan fingerprint density at radius 2 is 1.71 bits per heavy atom. The van der Waals surface area contributed by atoms with Crippen molar-refractivity contribution >= 4 is 35.1 Å². The number of carboxylic acid groups (broad SMARTS) is 1. The number of hydrogen-bond acceptors (Lipinski definition) is 4. The molecule has 5 nitrogen and oxygen atoms in total. The summed E-state index contributed by atoms with van der Waals surface area (Å²) in [5.41, 5.74) is 0.182. The van der Waals surface area contributed by atoms with Gasteiger partial charge >= 0.3 is 0 Å². The lowest BCUT2D eigenvalue weighted by atomic mass is 9.85. The monoisotopic (exact) mass is 342 g/mol. The molecule has 4 atom stereocenters. The van der Waals surface area contributed by atoms with Crippen LogP contribution in [0.5, 0.6) is 0 Å². The summed E-state index contributed by atoms with van der Waals surface area (Å²) in [5.74, 6) is -2.21. The molecule has 0 unspecified atom stereocenters. The Morgan fingerprint density at radius 1 is 1.12 bits per heavy atom. The van der Waals surface area contributed by atoms with E-state index in [0.29, 0.717) is 0 Å². The summed E-state index contributed by atoms with van der Waals surface area (Å²) in [6, 6.07) is 4.14. The average Bonchev–Trinajstić information content (AvgIpc) is 3.14. The number of anilines is 1. The fourth-order valence-electron chi connectivity index (χ4n) is 5.14. The minimum atomic E-state index is -1.43. The second-order valence-electron chi connectivity index (χ2n) is 7.18. The molecule has 3 fully saturated rings. The molecule has 1 aliphatic heterocycles. The fourth-order valence-corrected chi connectivity index (χ4v) is 5.34. The topological polar surface area (TPSA) is 77.5 Å². The van der Waals surface area contributed by atoms with Gasteiger partial charge in [-0.25, -0.2) is 4.90 Å². The number of benzene rings is 1. The third-order valence-electron chi connectivity index (χ3n) is 6.28. The summed E-state index contributed by atoms with van der Waals surface area (Å²) >= 11 is 5.85. The zero-order chi connectivity index (χ0) is 16.8. The van der Waals surface area contributed by atoms with Gasteiger partial charge in [-0.3, -0.25) is 9.59 Å². The zero-order valence-electron chi connectivity index (χ0n) is 12.6. The Morgan fingerprint density at radius 3 is 2.21 bits per heavy atom. The fraction of sp³-hybridized carbons (Fsp3) is 0.389. The van der Waals surface area contributed by atoms with Crippen LogP contribution in [0, 0.1) is 29.1 Å². The van der Waals surface area contributed by atoms with Crippen LogP contribution in [0.2, 0.25) is 5.02 Å². The number of fused-ring (bicyclic) bond motifs is 3. The summed E-state index contributed by atoms with van der Waals surface area (Å²) in [6.07, 6.45) is 6.36. The molecule has 122 valence electrons. The molecule has 1 spiro atoms. The summed E-state index contributed by atoms with van der Waals surface area (Å²) in [7, 11) is 0. The minimum absolute atomic E-state index is 0.0247. The van der Waals surface area contributed by atoms with Crippen molar-refractivity contribution in [1.82, 2.24) is 0 Å². The Labute approximate surface area is 142 Å². The van der Waals surface area contributed by atoms with Crippen LogP contribution in [-0.2, 0) is 9.59 Å². The lowest BCUT2D eigenvalue weighted by molar-refractivity contribution is -0.255. The van der Waals surface area contributed by atoms with Gasteiger partial charge in [0.25, 0.3) is 0 Å². The number of rotatable bonds is 2. The molecule has 4 aliphatic rings. The highest BCUT2D eigenvalue weighted by molar-refractivity contribution is 6.33. The van der Waals surface area contributed by atoms with E-state index in [9.17, 15) is 19.5 Å². The molecule has 1 heterocycles. The van der Waals surface area contributed by atoms with Gasteiger partial charge in [-0.15, -0.1) is 0 Å². The molecule has 3 aliphatic carbocycles. The van der Waals surface area contributed by atoms with E-state index in [4.69, 9.17) is 11.6 Å². The highest BCUT2D eigenvalue weighted by Crippen LogP contribution is 2.73. The lowest BCUT2D eigenvalue weighted by Crippen LogP contribution is -2.35. The van der Waals surface area contributed by atoms with Gasteiger partial charge in [-0.1, -0.05) is 23.8 Å². The van der Waals surface area contributed by atoms with Crippen molar-refractivity contribution in [3.8, 4) is 0 Å². The van der Waals surface area contributed by atoms with Crippen LogP contribution < -0.4 is 10.0 Å². The van der Waals surface area contributed by atoms with Gasteiger partial charge < -0.3 is 9.90 Å². The number of carbonyl (C=O) groups is 3. The quantitative estimate of drug-likeness (QED) is 0.601. The van der Waals surface area contributed by atoms with E-state index in [2.05, 4.69) is 12.2 Å². The van der Waals surface area contributed by atoms with Gasteiger partial charge in [-0.05, 0) is 48.3 Å². The number of hydrogen-bond donors (Lipinski definition) is 0. The molecule has 24 heavy (non-hydrogen) atoms. The number of amides is 2. The predicted octanol–water partition coefficient (Wildman–Crippen LogP) is 1.41. The number of imide groups is 1. The summed E-state index contributed by atoms with van der Waals surface area (Å²) < 4.78 is 0. The van der Waals surface area contributed by atoms with Crippen molar-refractivity contribution in [2.75, 3.05) is 4.90 Å². The molecule has 1 aromatic carbocycles. The third kappa shape index (κ3) is 1.49. The van der Waals surface area contributed by atoms with Crippen LogP contribution in [0.3, 0.4) is 0 Å². The molecule has 5 rings (SSSR count). The van der Waals surface area contributed by atoms with Crippen molar-refractivity contribution < 1.29 is 19.5 Å². The van der Waals surface area contributed by atoms with Crippen LogP contribution >= 0.6 is 11.6 Å². The van der Waals surface area contributed by atoms with Crippen LogP contribution in [0.25, 0.3) is 0 Å². The van der Waals surface area contributed by atoms with E-state index < -0.39 is 5.97 Å². The Hall–Kier alpha value is -2.14. The molecule has 0 aromatic heterocycles. The van der Waals surface area contributed by atoms with E-state index in [1.54, 1.807) is 0 Å². The maximum Gasteiger partial charge on any atom is 0.238 e. The average molecular weight is 343 g/mol. The van der Waals surface area contributed by atoms with Gasteiger partial charge in [0.1, 0.15) is 0 Å². The maximum atomic E-state index is 12.9. The van der Waals surface area contributed by atoms with Crippen LogP contribution in [0.1, 0.15) is 23.2 Å². The molecule has 1 aromatic rings. The van der Waals surface area contributed by atoms with E-state index in [1.807, 2.05) is 0 Å². The van der Waals surface area contributed by atoms with Gasteiger partial charge in [0.15, 0.2) is 0 Å². The first-order valence-electron chi connectivity index (χ1n) is 8.03. The van der Waals surface area contributed by atoms with Crippen molar-refractivity contribution in [3.63, 3.8) is 0 Å². The van der Waals surface area contributed by atoms with Gasteiger partial charge in [0, 0.05) is 10.6 Å². The van der Waals surface area contributed by atoms with Gasteiger partial charge in [-0.2, -0.15) is 0 Å². The second kappa shape index (κ2) is 4.28. The SMILES string of the molecule is O=C([O-])c1cc(N2C(=O)[C@@H]3[C@H](C2=O)[C@H]2C=C[C@@H]3C23CC3)ccc1Cl. The smallest absolute Gasteiger partial charge is 0.238 e. The first-order valence-corrected chi connectivity index (χ1v) is 8.40. The van der Waals surface area contributed by atoms with Gasteiger partial charge in [0.2, 0.25) is 11.8 Å². The van der Waals surface area contributed by atoms with Crippen LogP contribution in [0.15, 0.2) is 30.4 Å². The third-order valence-corrected chi connectivity index (χ3v) is 6.61. The number of halogens is 1. The molecule has 2 saturated carbocycles. The largest absolute Gasteiger partial charge is 0.545 e. The van der Waals surface area contributed by atoms with E-state index in [1.165, 1.54) is 18.2 Å². The molecular formula is C18H13ClNO4-. The molecule has 6 heteroatoms. The minimum Gasteiger partial charge on any atom is -0.545 e. The van der Waals surface area contributed by atoms with Crippen molar-refractivity contribution in [2.24, 2.45) is 29.1 Å². The summed E-state index contributed by atoms with van der Waals surface area (Å²) in [6.45, 7) is 0. The number of carboxylic acids is 1. The van der Waals surface area contributed by atoms with E-state index in [-0.39, 0.29) is 57.2 Å². The highest BCUT2D eigenvalue weighted by Gasteiger charge is 2.73. The summed E-state index contributed by atoms with van der Waals surface area (Å²) in [5, 5.41) is 11.2. The number of nitrogens with zero attached hydrogens (tertiary/aromatic N) is 1. The highest BCUT2D eigenvalue weighted by atomic mass is 35.5. The number of carbonyl (C=O) groups excluding carboxylic acids is 3. The standard InChI is InChI=1S/C18H14ClNO4/c19-12-4-1-8(7-9(12)17(23)24)20-15(21)13-10-2-3-11(14(13)16(20)22)18(10)5-6-18/h1-4,7,10-11,13-14H,5-6H2,(H,23,24)/p-1/t10-,11+,13-,14+. The molecule has 1 saturated heterocycles. The second-order valence-corrected chi connectivity index (χ2v) is 7.59. The normalized spacial score (nSPS) is 34.3. The van der Waals surface area contributed by atoms with E-state index >= 15 is 0 Å². The maximum absolute atomic E-state index is 12.9. The molecule has 2 amide bonds. The predicted molar refractivity (Wildman–Crippen MR) is 83.0 cm³/mol. The first kappa shape index (κ1) is 14.2. The Bertz CT molecular complexity index is 823. The van der Waals surface area contributed by atoms with Crippen LogP contribution in [0.4, 0.5) is 5.69 Å². The van der Waals surface area contributed by atoms with E-state index in [0.717, 1.165) is 17.7 Å². The van der Waals surface area contributed by atoms with Crippen molar-refractivity contribution in [1.29, 1.82) is 0 Å². The molecule has 0 radical (unpaired) electrons. The molecule has 2 bridgehead atoms. The Balaban J connectivity index is 1.56. The molecular weight excluding hydrogens is 330 g/mol. The van der Waals surface area contributed by atoms with Gasteiger partial charge in [0.05, 0.1) is 23.5 Å². The van der Waals surface area contributed by atoms with Crippen molar-refractivity contribution in [2.45, 2.75) is 12.8 Å². The zero-order valence-corrected chi connectivity index (χ0v) is 13.3. The first-order chi connectivity index (χ1) is 11.5. The summed E-state index contributed by atoms with van der Waals surface area (Å²) in [4.78, 5) is 38.2. The number of allylic oxidation sites excluding steroid dienone is 2. The number of aromatic carboxylic acids is 1. The van der Waals surface area contributed by atoms with Crippen molar-refractivity contribution in [3.05, 3.63) is 40.9 Å². The van der Waals surface area contributed by atoms with Crippen LogP contribution in [-0.4, -0.2) is 17.8 Å². The molecule has 0 N–H and O–H groups in total. The lowest BCUT2D eigenvalue weighted by Gasteiger charge is -2.22.